The normalized spacial score (nSPS) is 12.5. The number of Topliss-reactive ketones (excluding diaryl/α,β-unsaturated/α-hetero) is 1. The van der Waals surface area contributed by atoms with Gasteiger partial charge in [0.2, 0.25) is 0 Å². The lowest BCUT2D eigenvalue weighted by molar-refractivity contribution is -0.153. The average molecular weight is 628 g/mol. The van der Waals surface area contributed by atoms with Crippen molar-refractivity contribution < 1.29 is 33.5 Å². The first-order chi connectivity index (χ1) is 21.7. The molecule has 45 heavy (non-hydrogen) atoms. The fourth-order valence-corrected chi connectivity index (χ4v) is 7.46. The third kappa shape index (κ3) is 8.78. The summed E-state index contributed by atoms with van der Waals surface area (Å²) in [6.45, 7) is 3.01. The monoisotopic (exact) mass is 627 g/mol. The Bertz CT molecular complexity index is 1560. The third-order valence-corrected chi connectivity index (χ3v) is 10.5. The molecule has 4 aromatic carbocycles. The summed E-state index contributed by atoms with van der Waals surface area (Å²) in [7, 11) is -3.15. The van der Waals surface area contributed by atoms with E-state index in [4.69, 9.17) is 9.47 Å². The SMILES string of the molecule is CCC(=O)CC[C@@H](NC(=O)COc1ccc(CO)cc1)C(=O)OC(C)c1ccc(P(=O)(c2ccccc2)c2ccccc2)cc1. The molecule has 0 aliphatic carbocycles. The van der Waals surface area contributed by atoms with Gasteiger partial charge in [0.25, 0.3) is 5.91 Å². The smallest absolute Gasteiger partial charge is 0.329 e. The standard InChI is InChI=1S/C36H38NO7P/c1-3-29(39)18-23-34(37-35(40)25-43-30-19-14-27(24-38)15-20-30)36(41)44-26(2)28-16-21-33(22-17-28)45(42,31-10-6-4-7-11-31)32-12-8-5-9-13-32/h4-17,19-22,26,34,38H,3,18,23-25H2,1-2H3,(H,37,40)/t26?,34-/m1/s1. The molecule has 1 unspecified atom stereocenters. The highest BCUT2D eigenvalue weighted by molar-refractivity contribution is 7.85. The van der Waals surface area contributed by atoms with E-state index < -0.39 is 31.2 Å². The minimum Gasteiger partial charge on any atom is -0.484 e. The largest absolute Gasteiger partial charge is 0.484 e. The number of carbonyl (C=O) groups excluding carboxylic acids is 3. The van der Waals surface area contributed by atoms with Crippen molar-refractivity contribution >= 4 is 40.7 Å². The van der Waals surface area contributed by atoms with Crippen LogP contribution in [0, 0.1) is 0 Å². The number of ether oxygens (including phenoxy) is 2. The van der Waals surface area contributed by atoms with Crippen LogP contribution in [0.15, 0.2) is 109 Å². The van der Waals surface area contributed by atoms with Gasteiger partial charge in [0.05, 0.1) is 6.61 Å². The van der Waals surface area contributed by atoms with Crippen molar-refractivity contribution in [3.63, 3.8) is 0 Å². The zero-order valence-corrected chi connectivity index (χ0v) is 26.3. The van der Waals surface area contributed by atoms with Gasteiger partial charge in [0.15, 0.2) is 13.7 Å². The maximum atomic E-state index is 14.6. The van der Waals surface area contributed by atoms with E-state index in [0.29, 0.717) is 28.6 Å². The molecule has 0 bridgehead atoms. The Balaban J connectivity index is 1.45. The summed E-state index contributed by atoms with van der Waals surface area (Å²) in [6.07, 6.45) is -0.161. The molecule has 0 aliphatic heterocycles. The van der Waals surface area contributed by atoms with Crippen molar-refractivity contribution in [3.8, 4) is 5.75 Å². The lowest BCUT2D eigenvalue weighted by Crippen LogP contribution is -2.44. The van der Waals surface area contributed by atoms with E-state index in [9.17, 15) is 24.1 Å². The predicted octanol–water partition coefficient (Wildman–Crippen LogP) is 4.75. The first-order valence-electron chi connectivity index (χ1n) is 14.9. The number of amides is 1. The molecule has 2 N–H and O–H groups in total. The molecule has 0 spiro atoms. The molecule has 9 heteroatoms. The molecule has 0 aliphatic rings. The molecule has 234 valence electrons. The molecule has 8 nitrogen and oxygen atoms in total. The predicted molar refractivity (Wildman–Crippen MR) is 175 cm³/mol. The van der Waals surface area contributed by atoms with Gasteiger partial charge < -0.3 is 24.5 Å². The molecule has 0 radical (unpaired) electrons. The molecule has 0 aromatic heterocycles. The van der Waals surface area contributed by atoms with Gasteiger partial charge in [-0.3, -0.25) is 9.59 Å². The highest BCUT2D eigenvalue weighted by Crippen LogP contribution is 2.42. The summed E-state index contributed by atoms with van der Waals surface area (Å²) in [6, 6.07) is 31.4. The summed E-state index contributed by atoms with van der Waals surface area (Å²) >= 11 is 0. The van der Waals surface area contributed by atoms with E-state index in [2.05, 4.69) is 5.32 Å². The van der Waals surface area contributed by atoms with E-state index in [1.54, 1.807) is 62.4 Å². The first kappa shape index (κ1) is 33.4. The van der Waals surface area contributed by atoms with E-state index in [1.165, 1.54) is 0 Å². The quantitative estimate of drug-likeness (QED) is 0.144. The van der Waals surface area contributed by atoms with Gasteiger partial charge in [-0.2, -0.15) is 0 Å². The van der Waals surface area contributed by atoms with Crippen molar-refractivity contribution in [1.82, 2.24) is 5.32 Å². The topological polar surface area (TPSA) is 119 Å². The van der Waals surface area contributed by atoms with Crippen LogP contribution in [-0.2, 0) is 30.3 Å². The highest BCUT2D eigenvalue weighted by atomic mass is 31.2. The van der Waals surface area contributed by atoms with Crippen LogP contribution in [0.25, 0.3) is 0 Å². The molecule has 2 atom stereocenters. The maximum absolute atomic E-state index is 14.6. The number of aliphatic hydroxyl groups excluding tert-OH is 1. The Morgan fingerprint density at radius 2 is 1.36 bits per heavy atom. The van der Waals surface area contributed by atoms with Crippen LogP contribution in [0.4, 0.5) is 0 Å². The Hall–Kier alpha value is -4.52. The number of nitrogens with one attached hydrogen (secondary N) is 1. The molecule has 0 heterocycles. The zero-order valence-electron chi connectivity index (χ0n) is 25.4. The first-order valence-corrected chi connectivity index (χ1v) is 16.6. The van der Waals surface area contributed by atoms with Crippen molar-refractivity contribution in [2.45, 2.75) is 51.9 Å². The fraction of sp³-hybridized carbons (Fsp3) is 0.250. The molecular formula is C36H38NO7P. The lowest BCUT2D eigenvalue weighted by atomic mass is 10.1. The molecular weight excluding hydrogens is 589 g/mol. The number of esters is 1. The van der Waals surface area contributed by atoms with Gasteiger partial charge in [-0.1, -0.05) is 104 Å². The molecule has 0 saturated heterocycles. The van der Waals surface area contributed by atoms with E-state index in [0.717, 1.165) is 10.6 Å². The molecule has 0 saturated carbocycles. The number of hydrogen-bond acceptors (Lipinski definition) is 7. The van der Waals surface area contributed by atoms with Crippen LogP contribution < -0.4 is 26.0 Å². The second-order valence-electron chi connectivity index (χ2n) is 10.6. The number of benzene rings is 4. The minimum absolute atomic E-state index is 0.0350. The molecule has 0 fully saturated rings. The molecule has 4 aromatic rings. The Morgan fingerprint density at radius 1 is 0.800 bits per heavy atom. The highest BCUT2D eigenvalue weighted by Gasteiger charge is 2.30. The van der Waals surface area contributed by atoms with Gasteiger partial charge in [-0.15, -0.1) is 0 Å². The molecule has 4 rings (SSSR count). The summed E-state index contributed by atoms with van der Waals surface area (Å²) in [4.78, 5) is 38.0. The Kier molecular flexibility index (Phi) is 11.9. The van der Waals surface area contributed by atoms with Crippen LogP contribution in [0.2, 0.25) is 0 Å². The lowest BCUT2D eigenvalue weighted by Gasteiger charge is -2.22. The van der Waals surface area contributed by atoms with Crippen molar-refractivity contribution in [1.29, 1.82) is 0 Å². The van der Waals surface area contributed by atoms with Crippen LogP contribution in [0.1, 0.15) is 50.3 Å². The van der Waals surface area contributed by atoms with E-state index >= 15 is 0 Å². The van der Waals surface area contributed by atoms with Crippen molar-refractivity contribution in [2.24, 2.45) is 0 Å². The molecule has 1 amide bonds. The minimum atomic E-state index is -3.15. The van der Waals surface area contributed by atoms with Crippen molar-refractivity contribution in [2.75, 3.05) is 6.61 Å². The summed E-state index contributed by atoms with van der Waals surface area (Å²) in [5.74, 6) is -0.812. The average Bonchev–Trinajstić information content (AvgIpc) is 3.09. The number of ketones is 1. The fourth-order valence-electron chi connectivity index (χ4n) is 4.81. The number of hydrogen-bond donors (Lipinski definition) is 2. The number of carbonyl (C=O) groups is 3. The second kappa shape index (κ2) is 16.0. The van der Waals surface area contributed by atoms with Crippen LogP contribution >= 0.6 is 7.14 Å². The van der Waals surface area contributed by atoms with Gasteiger partial charge in [-0.05, 0) is 36.6 Å². The third-order valence-electron chi connectivity index (χ3n) is 7.46. The van der Waals surface area contributed by atoms with Gasteiger partial charge in [-0.25, -0.2) is 4.79 Å². The summed E-state index contributed by atoms with van der Waals surface area (Å²) < 4.78 is 25.9. The second-order valence-corrected chi connectivity index (χ2v) is 13.4. The van der Waals surface area contributed by atoms with Gasteiger partial charge in [0, 0.05) is 28.8 Å². The summed E-state index contributed by atoms with van der Waals surface area (Å²) in [5.41, 5.74) is 1.39. The van der Waals surface area contributed by atoms with Gasteiger partial charge >= 0.3 is 5.97 Å². The Morgan fingerprint density at radius 3 is 1.89 bits per heavy atom. The Labute approximate surface area is 263 Å². The van der Waals surface area contributed by atoms with Crippen molar-refractivity contribution in [3.05, 3.63) is 120 Å². The number of rotatable bonds is 15. The zero-order chi connectivity index (χ0) is 32.2. The van der Waals surface area contributed by atoms with Crippen LogP contribution in [-0.4, -0.2) is 35.4 Å². The maximum Gasteiger partial charge on any atom is 0.329 e. The van der Waals surface area contributed by atoms with Crippen LogP contribution in [0.3, 0.4) is 0 Å². The summed E-state index contributed by atoms with van der Waals surface area (Å²) in [5, 5.41) is 13.9. The van der Waals surface area contributed by atoms with E-state index in [1.807, 2.05) is 60.7 Å². The number of aliphatic hydroxyl groups is 1. The van der Waals surface area contributed by atoms with E-state index in [-0.39, 0.29) is 31.8 Å². The van der Waals surface area contributed by atoms with Crippen LogP contribution in [0.5, 0.6) is 5.75 Å². The van der Waals surface area contributed by atoms with Gasteiger partial charge in [0.1, 0.15) is 23.7 Å².